The first kappa shape index (κ1) is 15.4. The molecule has 0 aromatic rings. The van der Waals surface area contributed by atoms with Crippen LogP contribution in [0.2, 0.25) is 0 Å². The quantitative estimate of drug-likeness (QED) is 0.602. The van der Waals surface area contributed by atoms with E-state index in [1.807, 2.05) is 0 Å². The molecule has 1 nitrogen and oxygen atoms in total. The molecule has 1 unspecified atom stereocenters. The molecule has 1 aliphatic carbocycles. The van der Waals surface area contributed by atoms with Crippen molar-refractivity contribution in [3.8, 4) is 0 Å². The van der Waals surface area contributed by atoms with Crippen molar-refractivity contribution in [3.05, 3.63) is 10.6 Å². The monoisotopic (exact) mass is 289 g/mol. The maximum absolute atomic E-state index is 5.31. The number of hydrogen-bond donors (Lipinski definition) is 1. The minimum absolute atomic E-state index is 0.173. The van der Waals surface area contributed by atoms with Gasteiger partial charge in [0.15, 0.2) is 0 Å². The van der Waals surface area contributed by atoms with Gasteiger partial charge in [0, 0.05) is 29.1 Å². The molecule has 0 saturated heterocycles. The number of allylic oxidation sites excluding steroid dienone is 1. The summed E-state index contributed by atoms with van der Waals surface area (Å²) in [6.45, 7) is 7.97. The van der Waals surface area contributed by atoms with Crippen LogP contribution in [0, 0.1) is 5.41 Å². The van der Waals surface area contributed by atoms with Gasteiger partial charge in [-0.05, 0) is 24.5 Å². The van der Waals surface area contributed by atoms with E-state index in [2.05, 4.69) is 51.6 Å². The van der Waals surface area contributed by atoms with Gasteiger partial charge in [0.1, 0.15) is 0 Å². The van der Waals surface area contributed by atoms with Gasteiger partial charge in [0.05, 0.1) is 5.25 Å². The van der Waals surface area contributed by atoms with Crippen LogP contribution in [0.25, 0.3) is 0 Å². The third kappa shape index (κ3) is 3.90. The lowest BCUT2D eigenvalue weighted by Gasteiger charge is -2.37. The smallest absolute Gasteiger partial charge is 0.0790 e. The minimum atomic E-state index is 0.173. The number of hydrogen-bond acceptors (Lipinski definition) is 4. The summed E-state index contributed by atoms with van der Waals surface area (Å²) in [5.41, 5.74) is 1.74. The van der Waals surface area contributed by atoms with Crippen molar-refractivity contribution < 1.29 is 0 Å². The average Bonchev–Trinajstić information content (AvgIpc) is 2.22. The molecular formula is C13H23NS3. The molecule has 0 radical (unpaired) electrons. The Kier molecular flexibility index (Phi) is 5.41. The summed E-state index contributed by atoms with van der Waals surface area (Å²) in [4.78, 5) is 4.60. The zero-order chi connectivity index (χ0) is 13.2. The molecule has 0 heterocycles. The van der Waals surface area contributed by atoms with Crippen molar-refractivity contribution in [1.29, 1.82) is 0 Å². The average molecular weight is 290 g/mol. The van der Waals surface area contributed by atoms with Crippen molar-refractivity contribution in [1.82, 2.24) is 4.90 Å². The SMILES string of the molecule is CSC1=C(N(C)CCCC(C)(C)C)C(S)C1=S. The number of thioether (sulfide) groups is 1. The summed E-state index contributed by atoms with van der Waals surface area (Å²) in [6, 6.07) is 0. The Morgan fingerprint density at radius 2 is 2.00 bits per heavy atom. The highest BCUT2D eigenvalue weighted by molar-refractivity contribution is 8.05. The van der Waals surface area contributed by atoms with Gasteiger partial charge in [0.2, 0.25) is 0 Å². The summed E-state index contributed by atoms with van der Waals surface area (Å²) in [5, 5.41) is 0.173. The van der Waals surface area contributed by atoms with E-state index in [4.69, 9.17) is 12.2 Å². The van der Waals surface area contributed by atoms with Crippen molar-refractivity contribution in [3.63, 3.8) is 0 Å². The van der Waals surface area contributed by atoms with E-state index in [9.17, 15) is 0 Å². The molecule has 0 aromatic carbocycles. The second kappa shape index (κ2) is 5.98. The minimum Gasteiger partial charge on any atom is -0.376 e. The number of nitrogens with zero attached hydrogens (tertiary/aromatic N) is 1. The molecule has 1 rings (SSSR count). The first-order valence-corrected chi connectivity index (χ1v) is 8.14. The number of thiol groups is 1. The van der Waals surface area contributed by atoms with Gasteiger partial charge >= 0.3 is 0 Å². The Balaban J connectivity index is 2.51. The third-order valence-corrected chi connectivity index (χ3v) is 5.08. The van der Waals surface area contributed by atoms with E-state index < -0.39 is 0 Å². The van der Waals surface area contributed by atoms with E-state index in [0.717, 1.165) is 11.4 Å². The third-order valence-electron chi connectivity index (χ3n) is 3.00. The molecule has 0 amide bonds. The van der Waals surface area contributed by atoms with Gasteiger partial charge in [-0.1, -0.05) is 33.0 Å². The molecule has 0 bridgehead atoms. The molecule has 98 valence electrons. The van der Waals surface area contributed by atoms with Crippen molar-refractivity contribution in [2.75, 3.05) is 19.8 Å². The van der Waals surface area contributed by atoms with E-state index >= 15 is 0 Å². The normalized spacial score (nSPS) is 20.6. The van der Waals surface area contributed by atoms with Gasteiger partial charge in [0.25, 0.3) is 0 Å². The van der Waals surface area contributed by atoms with Crippen LogP contribution < -0.4 is 0 Å². The predicted octanol–water partition coefficient (Wildman–Crippen LogP) is 4.00. The molecule has 0 spiro atoms. The fourth-order valence-electron chi connectivity index (χ4n) is 1.98. The maximum atomic E-state index is 5.31. The van der Waals surface area contributed by atoms with Crippen molar-refractivity contribution in [2.45, 2.75) is 38.9 Å². The van der Waals surface area contributed by atoms with Gasteiger partial charge in [-0.15, -0.1) is 11.8 Å². The lowest BCUT2D eigenvalue weighted by atomic mass is 9.90. The first-order valence-electron chi connectivity index (χ1n) is 5.99. The summed E-state index contributed by atoms with van der Waals surface area (Å²) < 4.78 is 0. The highest BCUT2D eigenvalue weighted by Gasteiger charge is 2.34. The lowest BCUT2D eigenvalue weighted by molar-refractivity contribution is 0.320. The van der Waals surface area contributed by atoms with Crippen LogP contribution in [0.1, 0.15) is 33.6 Å². The summed E-state index contributed by atoms with van der Waals surface area (Å²) >= 11 is 11.6. The largest absolute Gasteiger partial charge is 0.376 e. The van der Waals surface area contributed by atoms with Crippen LogP contribution >= 0.6 is 36.6 Å². The molecule has 0 aliphatic heterocycles. The highest BCUT2D eigenvalue weighted by atomic mass is 32.2. The molecule has 17 heavy (non-hydrogen) atoms. The number of thiocarbonyl (C=S) groups is 1. The Morgan fingerprint density at radius 3 is 2.47 bits per heavy atom. The van der Waals surface area contributed by atoms with E-state index in [1.165, 1.54) is 23.4 Å². The molecule has 1 atom stereocenters. The van der Waals surface area contributed by atoms with Crippen LogP contribution in [-0.4, -0.2) is 34.9 Å². The van der Waals surface area contributed by atoms with Crippen LogP contribution in [0.4, 0.5) is 0 Å². The topological polar surface area (TPSA) is 3.24 Å². The second-order valence-corrected chi connectivity index (χ2v) is 7.54. The van der Waals surface area contributed by atoms with E-state index in [-0.39, 0.29) is 5.25 Å². The zero-order valence-electron chi connectivity index (χ0n) is 11.4. The molecule has 0 aromatic heterocycles. The summed E-state index contributed by atoms with van der Waals surface area (Å²) in [7, 11) is 2.15. The van der Waals surface area contributed by atoms with Crippen molar-refractivity contribution in [2.24, 2.45) is 5.41 Å². The van der Waals surface area contributed by atoms with E-state index in [1.54, 1.807) is 11.8 Å². The van der Waals surface area contributed by atoms with E-state index in [0.29, 0.717) is 5.41 Å². The predicted molar refractivity (Wildman–Crippen MR) is 87.2 cm³/mol. The molecular weight excluding hydrogens is 266 g/mol. The Labute approximate surface area is 121 Å². The van der Waals surface area contributed by atoms with Crippen LogP contribution in [0.5, 0.6) is 0 Å². The Bertz CT molecular complexity index is 328. The van der Waals surface area contributed by atoms with Crippen LogP contribution in [-0.2, 0) is 0 Å². The maximum Gasteiger partial charge on any atom is 0.0790 e. The standard InChI is InChI=1S/C13H23NS3/c1-13(2,3)7-6-8-14(4)9-10(15)11(16)12(9)17-5/h10,15H,6-8H2,1-5H3. The fraction of sp³-hybridized carbons (Fsp3) is 0.769. The molecule has 0 N–H and O–H groups in total. The van der Waals surface area contributed by atoms with Crippen LogP contribution in [0.3, 0.4) is 0 Å². The molecule has 1 aliphatic rings. The molecule has 0 fully saturated rings. The van der Waals surface area contributed by atoms with Gasteiger partial charge in [-0.25, -0.2) is 0 Å². The summed E-state index contributed by atoms with van der Waals surface area (Å²) in [5.74, 6) is 0. The fourth-order valence-corrected chi connectivity index (χ4v) is 3.87. The van der Waals surface area contributed by atoms with Gasteiger partial charge in [-0.3, -0.25) is 0 Å². The number of rotatable bonds is 5. The Morgan fingerprint density at radius 1 is 1.41 bits per heavy atom. The second-order valence-electron chi connectivity index (χ2n) is 5.77. The Hall–Kier alpha value is 0.330. The lowest BCUT2D eigenvalue weighted by Crippen LogP contribution is -2.39. The molecule has 0 saturated carbocycles. The van der Waals surface area contributed by atoms with Crippen molar-refractivity contribution >= 4 is 41.5 Å². The van der Waals surface area contributed by atoms with Gasteiger partial charge < -0.3 is 4.90 Å². The van der Waals surface area contributed by atoms with Crippen LogP contribution in [0.15, 0.2) is 10.6 Å². The first-order chi connectivity index (χ1) is 7.78. The summed E-state index contributed by atoms with van der Waals surface area (Å²) in [6.07, 6.45) is 4.56. The highest BCUT2D eigenvalue weighted by Crippen LogP contribution is 2.38. The molecule has 4 heteroatoms. The zero-order valence-corrected chi connectivity index (χ0v) is 13.9. The van der Waals surface area contributed by atoms with Gasteiger partial charge in [-0.2, -0.15) is 12.6 Å².